The number of carbonyl (C=O) groups excluding carboxylic acids is 1. The smallest absolute Gasteiger partial charge is 0.252 e. The Morgan fingerprint density at radius 2 is 1.77 bits per heavy atom. The van der Waals surface area contributed by atoms with E-state index in [4.69, 9.17) is 15.7 Å². The molecule has 0 aliphatic heterocycles. The van der Waals surface area contributed by atoms with Gasteiger partial charge in [0.2, 0.25) is 0 Å². The van der Waals surface area contributed by atoms with Gasteiger partial charge in [0.25, 0.3) is 5.91 Å². The number of nitrogens with one attached hydrogen (secondary N) is 1. The van der Waals surface area contributed by atoms with Gasteiger partial charge in [-0.05, 0) is 68.6 Å². The van der Waals surface area contributed by atoms with Crippen molar-refractivity contribution >= 4 is 11.7 Å². The van der Waals surface area contributed by atoms with E-state index >= 15 is 0 Å². The number of hydrogen-bond donors (Lipinski definition) is 3. The van der Waals surface area contributed by atoms with Gasteiger partial charge in [0, 0.05) is 18.8 Å². The van der Waals surface area contributed by atoms with Crippen molar-refractivity contribution in [3.63, 3.8) is 0 Å². The minimum Gasteiger partial charge on any atom is -0.409 e. The lowest BCUT2D eigenvalue weighted by Gasteiger charge is -2.15. The van der Waals surface area contributed by atoms with E-state index in [2.05, 4.69) is 10.5 Å². The van der Waals surface area contributed by atoms with E-state index in [1.165, 1.54) is 63.4 Å². The second-order valence-corrected chi connectivity index (χ2v) is 8.96. The molecule has 0 radical (unpaired) electrons. The molecule has 0 aromatic heterocycles. The van der Waals surface area contributed by atoms with Crippen LogP contribution < -0.4 is 11.1 Å². The van der Waals surface area contributed by atoms with Crippen LogP contribution in [0.15, 0.2) is 29.4 Å². The Morgan fingerprint density at radius 3 is 2.43 bits per heavy atom. The Kier molecular flexibility index (Phi) is 8.55. The summed E-state index contributed by atoms with van der Waals surface area (Å²) in [4.78, 5) is 12.4. The number of rotatable bonds is 13. The topological polar surface area (TPSA) is 96.9 Å². The number of nitrogens with two attached hydrogens (primary N) is 1. The van der Waals surface area contributed by atoms with Crippen LogP contribution in [0.1, 0.15) is 86.6 Å². The molecule has 0 bridgehead atoms. The summed E-state index contributed by atoms with van der Waals surface area (Å²) in [5.41, 5.74) is 6.88. The summed E-state index contributed by atoms with van der Waals surface area (Å²) >= 11 is 0. The number of amidine groups is 1. The zero-order valence-electron chi connectivity index (χ0n) is 18.1. The molecule has 6 heteroatoms. The van der Waals surface area contributed by atoms with E-state index in [0.29, 0.717) is 18.4 Å². The third kappa shape index (κ3) is 6.73. The van der Waals surface area contributed by atoms with Crippen LogP contribution >= 0.6 is 0 Å². The first-order valence-corrected chi connectivity index (χ1v) is 11.6. The molecular weight excluding hydrogens is 378 g/mol. The fourth-order valence-electron chi connectivity index (χ4n) is 4.27. The van der Waals surface area contributed by atoms with Gasteiger partial charge in [0.05, 0.1) is 0 Å². The number of aryl methyl sites for hydroxylation is 1. The number of hydrogen-bond acceptors (Lipinski definition) is 4. The van der Waals surface area contributed by atoms with Crippen molar-refractivity contribution in [3.05, 3.63) is 35.4 Å². The van der Waals surface area contributed by atoms with Crippen LogP contribution in [-0.4, -0.2) is 35.7 Å². The molecule has 1 amide bonds. The van der Waals surface area contributed by atoms with E-state index < -0.39 is 5.54 Å². The summed E-state index contributed by atoms with van der Waals surface area (Å²) in [6, 6.07) is 7.76. The van der Waals surface area contributed by atoms with Gasteiger partial charge >= 0.3 is 0 Å². The third-order valence-electron chi connectivity index (χ3n) is 6.50. The molecule has 0 unspecified atom stereocenters. The van der Waals surface area contributed by atoms with E-state index in [-0.39, 0.29) is 11.7 Å². The number of carbonyl (C=O) groups is 1. The predicted molar refractivity (Wildman–Crippen MR) is 119 cm³/mol. The monoisotopic (exact) mass is 415 g/mol. The zero-order valence-corrected chi connectivity index (χ0v) is 18.1. The highest BCUT2D eigenvalue weighted by Gasteiger charge is 2.48. The summed E-state index contributed by atoms with van der Waals surface area (Å²) in [6.45, 7) is 1.88. The number of benzene rings is 1. The van der Waals surface area contributed by atoms with Crippen LogP contribution in [-0.2, 0) is 11.2 Å². The molecule has 2 fully saturated rings. The van der Waals surface area contributed by atoms with Gasteiger partial charge in [-0.2, -0.15) is 0 Å². The third-order valence-corrected chi connectivity index (χ3v) is 6.50. The van der Waals surface area contributed by atoms with E-state index in [9.17, 15) is 4.79 Å². The number of unbranched alkanes of at least 4 members (excludes halogenated alkanes) is 4. The Labute approximate surface area is 180 Å². The lowest BCUT2D eigenvalue weighted by Crippen LogP contribution is -2.46. The summed E-state index contributed by atoms with van der Waals surface area (Å²) in [6.07, 6.45) is 14.0. The largest absolute Gasteiger partial charge is 0.409 e. The van der Waals surface area contributed by atoms with Gasteiger partial charge in [-0.25, -0.2) is 0 Å². The van der Waals surface area contributed by atoms with Gasteiger partial charge in [-0.15, -0.1) is 0 Å². The van der Waals surface area contributed by atoms with Crippen molar-refractivity contribution in [3.8, 4) is 0 Å². The molecule has 1 aromatic carbocycles. The minimum absolute atomic E-state index is 0.0767. The highest BCUT2D eigenvalue weighted by molar-refractivity contribution is 6.01. The van der Waals surface area contributed by atoms with Crippen LogP contribution in [0.25, 0.3) is 0 Å². The number of amides is 1. The summed E-state index contributed by atoms with van der Waals surface area (Å²) < 4.78 is 5.82. The number of oxime groups is 1. The second-order valence-electron chi connectivity index (χ2n) is 8.96. The van der Waals surface area contributed by atoms with Gasteiger partial charge < -0.3 is 21.0 Å². The summed E-state index contributed by atoms with van der Waals surface area (Å²) in [7, 11) is 0. The average molecular weight is 416 g/mol. The Bertz CT molecular complexity index is 692. The van der Waals surface area contributed by atoms with Crippen molar-refractivity contribution in [1.29, 1.82) is 0 Å². The molecular formula is C24H37N3O3. The molecule has 2 saturated carbocycles. The number of ether oxygens (including phenoxy) is 1. The molecule has 1 aromatic rings. The fourth-order valence-corrected chi connectivity index (χ4v) is 4.27. The quantitative estimate of drug-likeness (QED) is 0.146. The molecule has 30 heavy (non-hydrogen) atoms. The first kappa shape index (κ1) is 22.6. The van der Waals surface area contributed by atoms with Crippen LogP contribution in [0.3, 0.4) is 0 Å². The molecule has 2 aliphatic carbocycles. The summed E-state index contributed by atoms with van der Waals surface area (Å²) in [5.74, 6) is 0.721. The molecule has 0 spiro atoms. The maximum Gasteiger partial charge on any atom is 0.252 e. The van der Waals surface area contributed by atoms with E-state index in [0.717, 1.165) is 25.6 Å². The Morgan fingerprint density at radius 1 is 1.10 bits per heavy atom. The summed E-state index contributed by atoms with van der Waals surface area (Å²) in [5, 5.41) is 14.8. The van der Waals surface area contributed by atoms with E-state index in [1.807, 2.05) is 24.3 Å². The molecule has 0 heterocycles. The van der Waals surface area contributed by atoms with E-state index in [1.54, 1.807) is 0 Å². The lowest BCUT2D eigenvalue weighted by atomic mass is 10.0. The molecule has 0 atom stereocenters. The SMILES string of the molecule is N/C(=N\O)C1(NC(=O)c2ccc(CCCCCCCOCC3CCCC3)cc2)CC1. The van der Waals surface area contributed by atoms with Crippen LogP contribution in [0.4, 0.5) is 0 Å². The van der Waals surface area contributed by atoms with Crippen molar-refractivity contribution in [2.45, 2.75) is 82.6 Å². The van der Waals surface area contributed by atoms with Gasteiger partial charge in [-0.1, -0.05) is 49.4 Å². The van der Waals surface area contributed by atoms with Gasteiger partial charge in [0.15, 0.2) is 5.84 Å². The maximum absolute atomic E-state index is 12.4. The van der Waals surface area contributed by atoms with Crippen LogP contribution in [0.5, 0.6) is 0 Å². The highest BCUT2D eigenvalue weighted by atomic mass is 16.5. The van der Waals surface area contributed by atoms with Crippen molar-refractivity contribution in [2.75, 3.05) is 13.2 Å². The van der Waals surface area contributed by atoms with Crippen molar-refractivity contribution in [2.24, 2.45) is 16.8 Å². The molecule has 0 saturated heterocycles. The average Bonchev–Trinajstić information content (AvgIpc) is 3.36. The second kappa shape index (κ2) is 11.3. The van der Waals surface area contributed by atoms with Crippen molar-refractivity contribution in [1.82, 2.24) is 5.32 Å². The number of nitrogens with zero attached hydrogens (tertiary/aromatic N) is 1. The standard InChI is InChI=1S/C24H37N3O3/c25-23(27-29)24(15-16-24)26-22(28)21-13-11-19(12-14-21)8-4-2-1-3-7-17-30-18-20-9-5-6-10-20/h11-14,20,29H,1-10,15-18H2,(H2,25,27)(H,26,28). The van der Waals surface area contributed by atoms with Gasteiger partial charge in [-0.3, -0.25) is 4.79 Å². The zero-order chi connectivity index (χ0) is 21.2. The van der Waals surface area contributed by atoms with Gasteiger partial charge in [0.1, 0.15) is 5.54 Å². The van der Waals surface area contributed by atoms with Crippen molar-refractivity contribution < 1.29 is 14.7 Å². The van der Waals surface area contributed by atoms with Crippen LogP contribution in [0, 0.1) is 5.92 Å². The fraction of sp³-hybridized carbons (Fsp3) is 0.667. The molecule has 6 nitrogen and oxygen atoms in total. The van der Waals surface area contributed by atoms with Crippen LogP contribution in [0.2, 0.25) is 0 Å². The first-order valence-electron chi connectivity index (χ1n) is 11.6. The minimum atomic E-state index is -0.661. The predicted octanol–water partition coefficient (Wildman–Crippen LogP) is 4.40. The Hall–Kier alpha value is -2.08. The molecule has 2 aliphatic rings. The highest BCUT2D eigenvalue weighted by Crippen LogP contribution is 2.35. The Balaban J connectivity index is 1.24. The molecule has 166 valence electrons. The molecule has 3 rings (SSSR count). The lowest BCUT2D eigenvalue weighted by molar-refractivity contribution is 0.0942. The normalized spacial score (nSPS) is 18.5. The molecule has 4 N–H and O–H groups in total. The first-order chi connectivity index (χ1) is 14.6. The maximum atomic E-state index is 12.4.